The highest BCUT2D eigenvalue weighted by Crippen LogP contribution is 2.36. The average molecular weight is 210 g/mol. The van der Waals surface area contributed by atoms with Gasteiger partial charge in [0.25, 0.3) is 0 Å². The third-order valence-electron chi connectivity index (χ3n) is 3.89. The molecule has 2 unspecified atom stereocenters. The van der Waals surface area contributed by atoms with Crippen LogP contribution in [0.3, 0.4) is 0 Å². The summed E-state index contributed by atoms with van der Waals surface area (Å²) < 4.78 is 0. The molecule has 0 N–H and O–H groups in total. The molecule has 0 heteroatoms. The van der Waals surface area contributed by atoms with Crippen LogP contribution in [0.25, 0.3) is 0 Å². The van der Waals surface area contributed by atoms with Crippen LogP contribution in [0.15, 0.2) is 36.4 Å². The van der Waals surface area contributed by atoms with Crippen molar-refractivity contribution in [1.82, 2.24) is 0 Å². The highest BCUT2D eigenvalue weighted by atomic mass is 14.3. The van der Waals surface area contributed by atoms with E-state index in [2.05, 4.69) is 42.8 Å². The van der Waals surface area contributed by atoms with Crippen molar-refractivity contribution in [2.75, 3.05) is 0 Å². The highest BCUT2D eigenvalue weighted by Gasteiger charge is 2.25. The Hall–Kier alpha value is -1.04. The molecule has 2 atom stereocenters. The maximum absolute atomic E-state index is 3.72. The molecule has 82 valence electrons. The van der Waals surface area contributed by atoms with Crippen LogP contribution in [0.4, 0.5) is 0 Å². The first-order chi connectivity index (χ1) is 7.93. The quantitative estimate of drug-likeness (QED) is 0.614. The van der Waals surface area contributed by atoms with Gasteiger partial charge in [0.15, 0.2) is 0 Å². The Morgan fingerprint density at radius 2 is 2.06 bits per heavy atom. The average Bonchev–Trinajstić information content (AvgIpc) is 2.39. The van der Waals surface area contributed by atoms with Crippen molar-refractivity contribution in [3.63, 3.8) is 0 Å². The van der Waals surface area contributed by atoms with Gasteiger partial charge in [0.05, 0.1) is 0 Å². The summed E-state index contributed by atoms with van der Waals surface area (Å²) in [4.78, 5) is 0. The molecule has 1 aromatic carbocycles. The van der Waals surface area contributed by atoms with Gasteiger partial charge in [-0.3, -0.25) is 0 Å². The van der Waals surface area contributed by atoms with Gasteiger partial charge < -0.3 is 0 Å². The zero-order valence-electron chi connectivity index (χ0n) is 9.65. The maximum atomic E-state index is 3.72. The lowest BCUT2D eigenvalue weighted by atomic mass is 9.74. The second kappa shape index (κ2) is 4.45. The Bertz CT molecular complexity index is 389. The van der Waals surface area contributed by atoms with Crippen LogP contribution >= 0.6 is 0 Å². The fourth-order valence-corrected chi connectivity index (χ4v) is 2.96. The molecule has 3 rings (SSSR count). The minimum atomic E-state index is 0.659. The molecule has 1 aromatic rings. The first kappa shape index (κ1) is 10.1. The summed E-state index contributed by atoms with van der Waals surface area (Å²) in [5, 5.41) is 0. The lowest BCUT2D eigenvalue weighted by Crippen LogP contribution is -2.20. The predicted molar refractivity (Wildman–Crippen MR) is 67.1 cm³/mol. The zero-order valence-corrected chi connectivity index (χ0v) is 9.65. The molecule has 0 amide bonds. The number of allylic oxidation sites excluding steroid dienone is 2. The van der Waals surface area contributed by atoms with Crippen LogP contribution in [0.5, 0.6) is 0 Å². The van der Waals surface area contributed by atoms with Crippen molar-refractivity contribution >= 4 is 0 Å². The highest BCUT2D eigenvalue weighted by molar-refractivity contribution is 5.36. The van der Waals surface area contributed by atoms with Crippen LogP contribution in [-0.4, -0.2) is 0 Å². The van der Waals surface area contributed by atoms with E-state index in [9.17, 15) is 0 Å². The largest absolute Gasteiger partial charge is 0.0882 e. The molecule has 0 saturated heterocycles. The lowest BCUT2D eigenvalue weighted by molar-refractivity contribution is 0.373. The molecule has 0 aliphatic heterocycles. The van der Waals surface area contributed by atoms with Gasteiger partial charge in [-0.25, -0.2) is 0 Å². The molecule has 0 nitrogen and oxygen atoms in total. The van der Waals surface area contributed by atoms with E-state index in [4.69, 9.17) is 0 Å². The fourth-order valence-electron chi connectivity index (χ4n) is 2.96. The van der Waals surface area contributed by atoms with Crippen LogP contribution in [0, 0.1) is 18.3 Å². The van der Waals surface area contributed by atoms with Crippen molar-refractivity contribution < 1.29 is 0 Å². The number of hydrogen-bond acceptors (Lipinski definition) is 0. The van der Waals surface area contributed by atoms with E-state index in [1.54, 1.807) is 0 Å². The van der Waals surface area contributed by atoms with Gasteiger partial charge in [0, 0.05) is 6.42 Å². The molecule has 0 heterocycles. The van der Waals surface area contributed by atoms with Crippen LogP contribution in [0.1, 0.15) is 36.8 Å². The van der Waals surface area contributed by atoms with Gasteiger partial charge in [-0.1, -0.05) is 36.4 Å². The van der Waals surface area contributed by atoms with E-state index in [-0.39, 0.29) is 0 Å². The molecular formula is C16H18. The first-order valence-corrected chi connectivity index (χ1v) is 6.44. The van der Waals surface area contributed by atoms with Gasteiger partial charge in [-0.05, 0) is 55.1 Å². The Morgan fingerprint density at radius 1 is 1.12 bits per heavy atom. The normalized spacial score (nSPS) is 28.8. The third-order valence-corrected chi connectivity index (χ3v) is 3.89. The number of fused-ring (bicyclic) bond motifs is 1. The van der Waals surface area contributed by atoms with Crippen LogP contribution in [0.2, 0.25) is 0 Å². The predicted octanol–water partition coefficient (Wildman–Crippen LogP) is 4.03. The van der Waals surface area contributed by atoms with Gasteiger partial charge >= 0.3 is 0 Å². The second-order valence-electron chi connectivity index (χ2n) is 4.97. The summed E-state index contributed by atoms with van der Waals surface area (Å²) >= 11 is 0. The van der Waals surface area contributed by atoms with Crippen molar-refractivity contribution in [1.29, 1.82) is 0 Å². The molecule has 2 radical (unpaired) electrons. The fraction of sp³-hybridized carbons (Fsp3) is 0.438. The van der Waals surface area contributed by atoms with Gasteiger partial charge in [-0.15, -0.1) is 0 Å². The van der Waals surface area contributed by atoms with Crippen LogP contribution in [-0.2, 0) is 6.42 Å². The molecule has 0 saturated carbocycles. The Balaban J connectivity index is 1.77. The molecule has 0 spiro atoms. The number of aryl methyl sites for hydroxylation is 1. The Labute approximate surface area is 98.4 Å². The molecular weight excluding hydrogens is 192 g/mol. The summed E-state index contributed by atoms with van der Waals surface area (Å²) in [5.41, 5.74) is 2.84. The summed E-state index contributed by atoms with van der Waals surface area (Å²) in [6.45, 7) is 0. The van der Waals surface area contributed by atoms with Gasteiger partial charge in [0.2, 0.25) is 0 Å². The van der Waals surface area contributed by atoms with Crippen molar-refractivity contribution in [2.24, 2.45) is 11.8 Å². The standard InChI is InChI=1S/C16H18/c1-2-6-13(7-3-1)16-11-10-14-8-4-5-9-15(14)12-16/h2,4-6,8-9,13,16H,1,3,7,10-11H2. The maximum Gasteiger partial charge on any atom is 0.0207 e. The molecule has 2 aliphatic rings. The summed E-state index contributed by atoms with van der Waals surface area (Å²) in [6, 6.07) is 8.73. The van der Waals surface area contributed by atoms with Gasteiger partial charge in [-0.2, -0.15) is 0 Å². The molecule has 2 aliphatic carbocycles. The van der Waals surface area contributed by atoms with Crippen molar-refractivity contribution in [2.45, 2.75) is 32.1 Å². The molecule has 0 fully saturated rings. The molecule has 16 heavy (non-hydrogen) atoms. The summed E-state index contributed by atoms with van der Waals surface area (Å²) in [5.74, 6) is 1.41. The smallest absolute Gasteiger partial charge is 0.0207 e. The topological polar surface area (TPSA) is 0 Å². The molecule has 0 aromatic heterocycles. The van der Waals surface area contributed by atoms with E-state index in [0.29, 0.717) is 5.92 Å². The Kier molecular flexibility index (Phi) is 2.82. The number of hydrogen-bond donors (Lipinski definition) is 0. The summed E-state index contributed by atoms with van der Waals surface area (Å²) in [7, 11) is 0. The number of rotatable bonds is 1. The minimum Gasteiger partial charge on any atom is -0.0882 e. The zero-order chi connectivity index (χ0) is 10.8. The number of benzene rings is 1. The second-order valence-corrected chi connectivity index (χ2v) is 4.97. The summed E-state index contributed by atoms with van der Waals surface area (Å²) in [6.07, 6.45) is 15.0. The first-order valence-electron chi connectivity index (χ1n) is 6.44. The monoisotopic (exact) mass is 210 g/mol. The third kappa shape index (κ3) is 1.93. The van der Waals surface area contributed by atoms with E-state index < -0.39 is 0 Å². The lowest BCUT2D eigenvalue weighted by Gasteiger charge is -2.30. The van der Waals surface area contributed by atoms with Crippen molar-refractivity contribution in [3.05, 3.63) is 54.0 Å². The minimum absolute atomic E-state index is 0.659. The molecule has 0 bridgehead atoms. The van der Waals surface area contributed by atoms with Crippen LogP contribution < -0.4 is 0 Å². The van der Waals surface area contributed by atoms with Gasteiger partial charge in [0.1, 0.15) is 0 Å². The van der Waals surface area contributed by atoms with E-state index in [1.807, 2.05) is 0 Å². The van der Waals surface area contributed by atoms with E-state index in [1.165, 1.54) is 43.2 Å². The SMILES string of the molecule is [C]1c2ccccc2CCC1C1C=CCCC1. The van der Waals surface area contributed by atoms with E-state index >= 15 is 0 Å². The Morgan fingerprint density at radius 3 is 2.94 bits per heavy atom. The van der Waals surface area contributed by atoms with E-state index in [0.717, 1.165) is 5.92 Å². The van der Waals surface area contributed by atoms with Crippen molar-refractivity contribution in [3.8, 4) is 0 Å².